The topological polar surface area (TPSA) is 515 Å². The highest BCUT2D eigenvalue weighted by atomic mass is 16.3. The van der Waals surface area contributed by atoms with E-state index in [4.69, 9.17) is 28.7 Å². The highest BCUT2D eigenvalue weighted by Crippen LogP contribution is 2.16. The Balaban J connectivity index is 2.40. The van der Waals surface area contributed by atoms with Crippen LogP contribution in [0.2, 0.25) is 0 Å². The molecule has 1 saturated heterocycles. The molecule has 31 nitrogen and oxygen atoms in total. The lowest BCUT2D eigenvalue weighted by Gasteiger charge is -2.31. The second kappa shape index (κ2) is 38.9. The number of hydrogen-bond acceptors (Lipinski definition) is 16. The van der Waals surface area contributed by atoms with Crippen LogP contribution < -0.4 is 87.2 Å². The van der Waals surface area contributed by atoms with Gasteiger partial charge >= 0.3 is 0 Å². The smallest absolute Gasteiger partial charge is 0.245 e. The number of carbonyl (C=O) groups excluding carboxylic acids is 11. The van der Waals surface area contributed by atoms with Gasteiger partial charge in [0.05, 0.1) is 19.3 Å². The van der Waals surface area contributed by atoms with Crippen molar-refractivity contribution in [2.45, 2.75) is 187 Å². The molecule has 88 heavy (non-hydrogen) atoms. The number of amides is 11. The number of rotatable bonds is 34. The van der Waals surface area contributed by atoms with Gasteiger partial charge in [0.15, 0.2) is 11.9 Å². The van der Waals surface area contributed by atoms with Crippen LogP contribution in [0.25, 0.3) is 0 Å². The van der Waals surface area contributed by atoms with Crippen LogP contribution >= 0.6 is 0 Å². The molecule has 1 fully saturated rings. The van der Waals surface area contributed by atoms with E-state index in [9.17, 15) is 63.0 Å². The van der Waals surface area contributed by atoms with Crippen molar-refractivity contribution in [3.05, 3.63) is 35.9 Å². The van der Waals surface area contributed by atoms with Crippen LogP contribution in [0.4, 0.5) is 0 Å². The highest BCUT2D eigenvalue weighted by Gasteiger charge is 2.39. The van der Waals surface area contributed by atoms with E-state index in [1.54, 1.807) is 79.7 Å². The van der Waals surface area contributed by atoms with Crippen molar-refractivity contribution in [1.82, 2.24) is 58.5 Å². The van der Waals surface area contributed by atoms with Crippen LogP contribution in [0.1, 0.15) is 119 Å². The number of guanidine groups is 2. The molecule has 0 radical (unpaired) electrons. The Kier molecular flexibility index (Phi) is 33.5. The molecule has 11 amide bonds. The lowest BCUT2D eigenvalue weighted by molar-refractivity contribution is -0.137. The van der Waals surface area contributed by atoms with Crippen molar-refractivity contribution in [3.8, 4) is 0 Å². The maximum absolute atomic E-state index is 14.4. The molecule has 23 N–H and O–H groups in total. The molecular formula is C57H98N18O13. The van der Waals surface area contributed by atoms with Crippen LogP contribution in [0.15, 0.2) is 40.3 Å². The number of benzene rings is 1. The summed E-state index contributed by atoms with van der Waals surface area (Å²) in [4.78, 5) is 161. The van der Waals surface area contributed by atoms with Crippen LogP contribution in [0.3, 0.4) is 0 Å². The molecule has 1 heterocycles. The molecule has 15 atom stereocenters. The van der Waals surface area contributed by atoms with E-state index in [1.165, 1.54) is 6.92 Å². The Morgan fingerprint density at radius 3 is 1.53 bits per heavy atom. The Morgan fingerprint density at radius 1 is 0.568 bits per heavy atom. The van der Waals surface area contributed by atoms with Gasteiger partial charge in [-0.15, -0.1) is 0 Å². The molecule has 1 aliphatic heterocycles. The number of aliphatic hydroxyl groups is 2. The van der Waals surface area contributed by atoms with Gasteiger partial charge in [0.25, 0.3) is 0 Å². The van der Waals surface area contributed by atoms with Crippen molar-refractivity contribution in [3.63, 3.8) is 0 Å². The molecular weight excluding hydrogens is 1140 g/mol. The Bertz CT molecular complexity index is 2550. The van der Waals surface area contributed by atoms with Crippen molar-refractivity contribution in [2.24, 2.45) is 62.3 Å². The Labute approximate surface area is 514 Å². The molecule has 494 valence electrons. The SMILES string of the molecule is CC[C@H](C)[C@H](NC(=O)[C@H](N)Cc1ccccc1)C(=O)N[C@@H](CO)C(=O)N[C@H](CCCN=C(N)N)C(=O)N[C@@H](C(=O)N[C@H](C(=O)N[C@@H](CO)C(=O)N[C@@H]1CNC(=O)[C@H]([C@@H](C)CC)NC(=O)[C@H](CCCN=C(N)N)NC(=O)[C@H](C)NC1=O)[C@@H](C)CC)[C@@H](C)CC. The van der Waals surface area contributed by atoms with Gasteiger partial charge in [-0.2, -0.15) is 0 Å². The molecule has 0 spiro atoms. The summed E-state index contributed by atoms with van der Waals surface area (Å²) in [6.07, 6.45) is 1.85. The van der Waals surface area contributed by atoms with E-state index < -0.39 is 175 Å². The summed E-state index contributed by atoms with van der Waals surface area (Å²) < 4.78 is 0. The van der Waals surface area contributed by atoms with Crippen LogP contribution in [0, 0.1) is 23.7 Å². The minimum atomic E-state index is -1.78. The summed E-state index contributed by atoms with van der Waals surface area (Å²) in [6, 6.07) is -6.16. The zero-order valence-corrected chi connectivity index (χ0v) is 52.1. The predicted molar refractivity (Wildman–Crippen MR) is 328 cm³/mol. The molecule has 1 aromatic rings. The fraction of sp³-hybridized carbons (Fsp3) is 0.667. The standard InChI is InChI=1S/C57H98N18O13/c1-10-29(5)41-52(85)65-26-38(49(82)66-33(9)45(78)67-36(47(80)73-41)21-17-23-63-56(59)60)69-51(84)40(28-77)71-54(87)43(31(7)12-3)75-55(88)44(32(8)13-4)74-48(81)37(22-18-24-64-57(61)62)68-50(83)39(27-76)70-53(86)42(30(6)11-2)72-46(79)35(58)25-34-19-15-14-16-20-34/h14-16,19-20,29-33,35-44,76-77H,10-13,17-18,21-28,58H2,1-9H3,(H,65,85)(H,66,82)(H,67,78)(H,68,83)(H,69,84)(H,70,86)(H,71,87)(H,72,79)(H,73,80)(H,74,81)(H,75,88)(H4,59,60,63)(H4,61,62,64)/t29-,30-,31-,32-,33-,35+,36-,37+,38+,39-,40-,41-,42-,43-,44+/m0/s1. The third-order valence-electron chi connectivity index (χ3n) is 15.5. The maximum Gasteiger partial charge on any atom is 0.245 e. The molecule has 0 aromatic heterocycles. The first-order chi connectivity index (χ1) is 41.6. The Hall–Kier alpha value is -8.19. The summed E-state index contributed by atoms with van der Waals surface area (Å²) in [6.45, 7) is 12.6. The van der Waals surface area contributed by atoms with Crippen LogP contribution in [-0.4, -0.2) is 186 Å². The van der Waals surface area contributed by atoms with Crippen molar-refractivity contribution >= 4 is 76.9 Å². The first kappa shape index (κ1) is 75.9. The quantitative estimate of drug-likeness (QED) is 0.0174. The van der Waals surface area contributed by atoms with E-state index in [2.05, 4.69) is 68.5 Å². The van der Waals surface area contributed by atoms with Gasteiger partial charge in [0.1, 0.15) is 60.4 Å². The van der Waals surface area contributed by atoms with E-state index in [-0.39, 0.29) is 63.5 Å². The molecule has 0 unspecified atom stereocenters. The monoisotopic (exact) mass is 1240 g/mol. The number of nitrogens with zero attached hydrogens (tertiary/aromatic N) is 2. The number of aliphatic hydroxyl groups excluding tert-OH is 2. The fourth-order valence-corrected chi connectivity index (χ4v) is 8.98. The second-order valence-corrected chi connectivity index (χ2v) is 22.3. The first-order valence-corrected chi connectivity index (χ1v) is 30.0. The number of aliphatic imine (C=N–C) groups is 2. The number of nitrogens with two attached hydrogens (primary N) is 5. The summed E-state index contributed by atoms with van der Waals surface area (Å²) in [5.41, 5.74) is 28.9. The molecule has 0 bridgehead atoms. The number of nitrogens with one attached hydrogen (secondary N) is 11. The van der Waals surface area contributed by atoms with Crippen molar-refractivity contribution in [1.29, 1.82) is 0 Å². The molecule has 1 aliphatic rings. The molecule has 0 aliphatic carbocycles. The van der Waals surface area contributed by atoms with Gasteiger partial charge in [-0.1, -0.05) is 111 Å². The third kappa shape index (κ3) is 25.3. The summed E-state index contributed by atoms with van der Waals surface area (Å²) >= 11 is 0. The lowest BCUT2D eigenvalue weighted by atomic mass is 9.94. The number of carbonyl (C=O) groups is 11. The van der Waals surface area contributed by atoms with E-state index in [0.717, 1.165) is 5.56 Å². The van der Waals surface area contributed by atoms with Gasteiger partial charge in [0.2, 0.25) is 65.0 Å². The summed E-state index contributed by atoms with van der Waals surface area (Å²) in [7, 11) is 0. The van der Waals surface area contributed by atoms with Crippen LogP contribution in [0.5, 0.6) is 0 Å². The number of hydrogen-bond donors (Lipinski definition) is 18. The molecule has 2 rings (SSSR count). The average Bonchev–Trinajstić information content (AvgIpc) is 3.27. The summed E-state index contributed by atoms with van der Waals surface area (Å²) in [5, 5.41) is 49.2. The fourth-order valence-electron chi connectivity index (χ4n) is 8.98. The van der Waals surface area contributed by atoms with Gasteiger partial charge in [-0.25, -0.2) is 0 Å². The lowest BCUT2D eigenvalue weighted by Crippen LogP contribution is -2.63. The van der Waals surface area contributed by atoms with E-state index in [1.807, 2.05) is 6.07 Å². The Morgan fingerprint density at radius 2 is 1.03 bits per heavy atom. The van der Waals surface area contributed by atoms with Gasteiger partial charge in [-0.05, 0) is 68.3 Å². The predicted octanol–water partition coefficient (Wildman–Crippen LogP) is -5.17. The minimum absolute atomic E-state index is 0.00611. The van der Waals surface area contributed by atoms with Crippen LogP contribution in [-0.2, 0) is 59.2 Å². The van der Waals surface area contributed by atoms with Gasteiger partial charge < -0.3 is 97.4 Å². The summed E-state index contributed by atoms with van der Waals surface area (Å²) in [5.74, 6) is -12.1. The normalized spacial score (nSPS) is 20.1. The largest absolute Gasteiger partial charge is 0.394 e. The molecule has 1 aromatic carbocycles. The average molecular weight is 1240 g/mol. The first-order valence-electron chi connectivity index (χ1n) is 30.0. The van der Waals surface area contributed by atoms with E-state index >= 15 is 0 Å². The minimum Gasteiger partial charge on any atom is -0.394 e. The zero-order chi connectivity index (χ0) is 66.4. The van der Waals surface area contributed by atoms with Gasteiger partial charge in [0, 0.05) is 19.6 Å². The molecule has 0 saturated carbocycles. The molecule has 31 heteroatoms. The maximum atomic E-state index is 14.4. The van der Waals surface area contributed by atoms with Gasteiger partial charge in [-0.3, -0.25) is 62.7 Å². The van der Waals surface area contributed by atoms with E-state index in [0.29, 0.717) is 19.3 Å². The second-order valence-electron chi connectivity index (χ2n) is 22.3. The van der Waals surface area contributed by atoms with Crippen molar-refractivity contribution in [2.75, 3.05) is 32.8 Å². The third-order valence-corrected chi connectivity index (χ3v) is 15.5. The van der Waals surface area contributed by atoms with Crippen molar-refractivity contribution < 1.29 is 63.0 Å². The zero-order valence-electron chi connectivity index (χ0n) is 52.1. The highest BCUT2D eigenvalue weighted by molar-refractivity contribution is 6.00.